The van der Waals surface area contributed by atoms with E-state index in [-0.39, 0.29) is 26.4 Å². The van der Waals surface area contributed by atoms with E-state index in [1.807, 2.05) is 80.6 Å². The molecule has 0 bridgehead atoms. The second-order valence-corrected chi connectivity index (χ2v) is 9.54. The van der Waals surface area contributed by atoms with Crippen molar-refractivity contribution in [3.8, 4) is 11.5 Å². The molecular weight excluding hydrogens is 480 g/mol. The summed E-state index contributed by atoms with van der Waals surface area (Å²) in [6.07, 6.45) is 0. The number of aliphatic hydroxyl groups is 1. The van der Waals surface area contributed by atoms with Crippen LogP contribution in [0, 0.1) is 5.41 Å². The van der Waals surface area contributed by atoms with E-state index in [0.29, 0.717) is 13.2 Å². The van der Waals surface area contributed by atoms with Gasteiger partial charge in [0, 0.05) is 6.61 Å². The van der Waals surface area contributed by atoms with Gasteiger partial charge in [-0.25, -0.2) is 0 Å². The van der Waals surface area contributed by atoms with Crippen LogP contribution in [-0.4, -0.2) is 59.0 Å². The maximum Gasteiger partial charge on any atom is 0.143 e. The van der Waals surface area contributed by atoms with Gasteiger partial charge in [-0.05, 0) is 54.8 Å². The lowest BCUT2D eigenvalue weighted by atomic mass is 9.79. The second-order valence-electron chi connectivity index (χ2n) is 9.54. The van der Waals surface area contributed by atoms with Gasteiger partial charge in [0.25, 0.3) is 0 Å². The molecule has 0 saturated heterocycles. The topological polar surface area (TPSA) is 66.4 Å². The fraction of sp³-hybridized carbons (Fsp3) is 0.375. The molecule has 0 amide bonds. The van der Waals surface area contributed by atoms with Gasteiger partial charge in [0.05, 0.1) is 52.7 Å². The summed E-state index contributed by atoms with van der Waals surface area (Å²) in [4.78, 5) is 0. The molecule has 0 fully saturated rings. The van der Waals surface area contributed by atoms with Crippen LogP contribution in [0.25, 0.3) is 0 Å². The first kappa shape index (κ1) is 29.4. The molecule has 1 atom stereocenters. The van der Waals surface area contributed by atoms with Gasteiger partial charge >= 0.3 is 0 Å². The molecule has 3 rings (SSSR count). The Hall–Kier alpha value is -3.16. The molecule has 0 aromatic heterocycles. The molecule has 6 nitrogen and oxygen atoms in total. The third kappa shape index (κ3) is 7.03. The fourth-order valence-electron chi connectivity index (χ4n) is 4.36. The van der Waals surface area contributed by atoms with Crippen molar-refractivity contribution in [1.82, 2.24) is 0 Å². The van der Waals surface area contributed by atoms with Crippen molar-refractivity contribution >= 4 is 0 Å². The van der Waals surface area contributed by atoms with Gasteiger partial charge < -0.3 is 28.8 Å². The molecule has 0 saturated carbocycles. The zero-order valence-corrected chi connectivity index (χ0v) is 22.9. The predicted molar refractivity (Wildman–Crippen MR) is 150 cm³/mol. The smallest absolute Gasteiger partial charge is 0.143 e. The van der Waals surface area contributed by atoms with Gasteiger partial charge in [-0.15, -0.1) is 0 Å². The number of hydrogen-bond donors (Lipinski definition) is 1. The van der Waals surface area contributed by atoms with Crippen LogP contribution in [0.15, 0.2) is 91.0 Å². The van der Waals surface area contributed by atoms with Gasteiger partial charge in [0.2, 0.25) is 0 Å². The fourth-order valence-corrected chi connectivity index (χ4v) is 4.36. The highest BCUT2D eigenvalue weighted by Gasteiger charge is 2.41. The maximum absolute atomic E-state index is 10.6. The summed E-state index contributed by atoms with van der Waals surface area (Å²) in [5.74, 6) is 1.50. The SMILES string of the molecule is C=C(C)COCC(CO)(COCC)COC(c1ccccc1)(c1ccc(OC)cc1)c1ccc(OC)cc1. The van der Waals surface area contributed by atoms with Crippen LogP contribution in [0.4, 0.5) is 0 Å². The zero-order chi connectivity index (χ0) is 27.4. The number of rotatable bonds is 16. The van der Waals surface area contributed by atoms with Crippen LogP contribution < -0.4 is 9.47 Å². The van der Waals surface area contributed by atoms with Crippen LogP contribution in [0.1, 0.15) is 30.5 Å². The Morgan fingerprint density at radius 2 is 1.24 bits per heavy atom. The van der Waals surface area contributed by atoms with Crippen molar-refractivity contribution in [3.05, 3.63) is 108 Å². The third-order valence-electron chi connectivity index (χ3n) is 6.47. The monoisotopic (exact) mass is 520 g/mol. The number of ether oxygens (including phenoxy) is 5. The number of methoxy groups -OCH3 is 2. The molecular formula is C32H40O6. The summed E-state index contributed by atoms with van der Waals surface area (Å²) in [7, 11) is 3.29. The Morgan fingerprint density at radius 1 is 0.737 bits per heavy atom. The van der Waals surface area contributed by atoms with Gasteiger partial charge in [-0.1, -0.05) is 66.7 Å². The first-order valence-corrected chi connectivity index (χ1v) is 12.8. The normalized spacial score (nSPS) is 13.1. The molecule has 0 radical (unpaired) electrons. The first-order valence-electron chi connectivity index (χ1n) is 12.8. The number of aliphatic hydroxyl groups excluding tert-OH is 1. The molecule has 0 aliphatic rings. The highest BCUT2D eigenvalue weighted by atomic mass is 16.5. The first-order chi connectivity index (χ1) is 18.4. The molecule has 6 heteroatoms. The van der Waals surface area contributed by atoms with Gasteiger partial charge in [-0.2, -0.15) is 0 Å². The quantitative estimate of drug-likeness (QED) is 0.195. The molecule has 204 valence electrons. The molecule has 0 aliphatic carbocycles. The van der Waals surface area contributed by atoms with E-state index in [4.69, 9.17) is 23.7 Å². The Morgan fingerprint density at radius 3 is 1.68 bits per heavy atom. The largest absolute Gasteiger partial charge is 0.497 e. The van der Waals surface area contributed by atoms with E-state index >= 15 is 0 Å². The minimum atomic E-state index is -0.999. The van der Waals surface area contributed by atoms with E-state index in [9.17, 15) is 5.11 Å². The standard InChI is InChI=1S/C32H40O6/c1-6-36-22-31(21-33,23-37-20-25(2)3)24-38-32(26-10-8-7-9-11-26,27-12-16-29(34-4)17-13-27)28-14-18-30(35-5)19-15-28/h7-19,33H,2,6,20-24H2,1,3-5H3. The minimum Gasteiger partial charge on any atom is -0.497 e. The lowest BCUT2D eigenvalue weighted by Crippen LogP contribution is -2.45. The molecule has 0 aliphatic heterocycles. The number of hydrogen-bond acceptors (Lipinski definition) is 6. The zero-order valence-electron chi connectivity index (χ0n) is 22.9. The molecule has 1 N–H and O–H groups in total. The predicted octanol–water partition coefficient (Wildman–Crippen LogP) is 5.62. The summed E-state index contributed by atoms with van der Waals surface area (Å²) in [5.41, 5.74) is 1.90. The van der Waals surface area contributed by atoms with Gasteiger partial charge in [0.1, 0.15) is 17.1 Å². The van der Waals surface area contributed by atoms with E-state index < -0.39 is 11.0 Å². The Labute approximate surface area is 226 Å². The molecule has 38 heavy (non-hydrogen) atoms. The van der Waals surface area contributed by atoms with E-state index in [1.54, 1.807) is 14.2 Å². The van der Waals surface area contributed by atoms with Crippen LogP contribution >= 0.6 is 0 Å². The summed E-state index contributed by atoms with van der Waals surface area (Å²) in [6.45, 7) is 9.23. The molecule has 3 aromatic rings. The van der Waals surface area contributed by atoms with Crippen LogP contribution in [0.3, 0.4) is 0 Å². The van der Waals surface area contributed by atoms with Crippen LogP contribution in [-0.2, 0) is 19.8 Å². The van der Waals surface area contributed by atoms with E-state index in [0.717, 1.165) is 33.8 Å². The van der Waals surface area contributed by atoms with Crippen molar-refractivity contribution in [2.75, 3.05) is 53.9 Å². The molecule has 0 spiro atoms. The third-order valence-corrected chi connectivity index (χ3v) is 6.47. The molecule has 1 unspecified atom stereocenters. The summed E-state index contributed by atoms with van der Waals surface area (Å²) < 4.78 is 29.6. The summed E-state index contributed by atoms with van der Waals surface area (Å²) in [6, 6.07) is 25.8. The van der Waals surface area contributed by atoms with E-state index in [2.05, 4.69) is 18.7 Å². The highest BCUT2D eigenvalue weighted by Crippen LogP contribution is 2.43. The van der Waals surface area contributed by atoms with Crippen molar-refractivity contribution in [2.45, 2.75) is 19.4 Å². The molecule has 3 aromatic carbocycles. The van der Waals surface area contributed by atoms with Crippen molar-refractivity contribution in [1.29, 1.82) is 0 Å². The van der Waals surface area contributed by atoms with Crippen molar-refractivity contribution in [3.63, 3.8) is 0 Å². The average molecular weight is 521 g/mol. The second kappa shape index (κ2) is 14.1. The number of benzene rings is 3. The molecule has 0 heterocycles. The Kier molecular flexibility index (Phi) is 10.9. The average Bonchev–Trinajstić information content (AvgIpc) is 2.97. The van der Waals surface area contributed by atoms with Crippen molar-refractivity contribution in [2.24, 2.45) is 5.41 Å². The summed E-state index contributed by atoms with van der Waals surface area (Å²) in [5, 5.41) is 10.6. The minimum absolute atomic E-state index is 0.167. The highest BCUT2D eigenvalue weighted by molar-refractivity contribution is 5.49. The summed E-state index contributed by atoms with van der Waals surface area (Å²) >= 11 is 0. The maximum atomic E-state index is 10.6. The van der Waals surface area contributed by atoms with Crippen LogP contribution in [0.5, 0.6) is 11.5 Å². The van der Waals surface area contributed by atoms with Gasteiger partial charge in [-0.3, -0.25) is 0 Å². The lowest BCUT2D eigenvalue weighted by Gasteiger charge is -2.40. The van der Waals surface area contributed by atoms with Crippen molar-refractivity contribution < 1.29 is 28.8 Å². The van der Waals surface area contributed by atoms with E-state index in [1.165, 1.54) is 0 Å². The Bertz CT molecular complexity index is 1060. The van der Waals surface area contributed by atoms with Crippen LogP contribution in [0.2, 0.25) is 0 Å². The Balaban J connectivity index is 2.15. The van der Waals surface area contributed by atoms with Gasteiger partial charge in [0.15, 0.2) is 0 Å². The lowest BCUT2D eigenvalue weighted by molar-refractivity contribution is -0.117.